The van der Waals surface area contributed by atoms with Gasteiger partial charge in [-0.2, -0.15) is 0 Å². The van der Waals surface area contributed by atoms with Crippen molar-refractivity contribution < 1.29 is 4.79 Å². The Morgan fingerprint density at radius 3 is 2.60 bits per heavy atom. The van der Waals surface area contributed by atoms with Crippen molar-refractivity contribution >= 4 is 11.6 Å². The molecule has 1 unspecified atom stereocenters. The lowest BCUT2D eigenvalue weighted by Crippen LogP contribution is -2.14. The molecule has 1 atom stereocenters. The molecule has 3 nitrogen and oxygen atoms in total. The van der Waals surface area contributed by atoms with Crippen molar-refractivity contribution in [2.45, 2.75) is 26.8 Å². The van der Waals surface area contributed by atoms with Crippen LogP contribution in [0.15, 0.2) is 60.2 Å². The van der Waals surface area contributed by atoms with Gasteiger partial charge in [0.25, 0.3) is 5.91 Å². The van der Waals surface area contributed by atoms with E-state index in [1.165, 1.54) is 0 Å². The first kappa shape index (κ1) is 15.9. The zero-order valence-corrected chi connectivity index (χ0v) is 12.3. The van der Waals surface area contributed by atoms with E-state index in [0.29, 0.717) is 5.57 Å². The minimum Gasteiger partial charge on any atom is -0.324 e. The van der Waals surface area contributed by atoms with Crippen molar-refractivity contribution in [3.63, 3.8) is 0 Å². The number of amides is 1. The number of hydrogen-bond acceptors (Lipinski definition) is 2. The highest BCUT2D eigenvalue weighted by atomic mass is 16.1. The zero-order chi connectivity index (χ0) is 15.1. The standard InChI is InChI=1S/C17H22N2O/c1-5-14(10-9-12(2)3)17(20)19-16-8-6-7-15(11-16)13(4)18/h5-11,13H,1,18H2,2-4H3,(H,19,20)/b14-10+. The van der Waals surface area contributed by atoms with Gasteiger partial charge in [-0.25, -0.2) is 0 Å². The first-order chi connectivity index (χ1) is 9.43. The van der Waals surface area contributed by atoms with E-state index in [1.54, 1.807) is 12.2 Å². The molecule has 0 saturated heterocycles. The van der Waals surface area contributed by atoms with Crippen LogP contribution in [0.3, 0.4) is 0 Å². The van der Waals surface area contributed by atoms with E-state index in [4.69, 9.17) is 5.73 Å². The molecule has 0 bridgehead atoms. The summed E-state index contributed by atoms with van der Waals surface area (Å²) < 4.78 is 0. The highest BCUT2D eigenvalue weighted by Crippen LogP contribution is 2.16. The molecule has 1 aromatic carbocycles. The molecule has 1 amide bonds. The van der Waals surface area contributed by atoms with E-state index < -0.39 is 0 Å². The molecule has 0 aliphatic heterocycles. The summed E-state index contributed by atoms with van der Waals surface area (Å²) in [5.41, 5.74) is 9.19. The van der Waals surface area contributed by atoms with Crippen LogP contribution in [0.1, 0.15) is 32.4 Å². The second-order valence-corrected chi connectivity index (χ2v) is 4.94. The number of allylic oxidation sites excluding steroid dienone is 3. The third-order valence-electron chi connectivity index (χ3n) is 2.75. The van der Waals surface area contributed by atoms with E-state index >= 15 is 0 Å². The number of nitrogens with two attached hydrogens (primary N) is 1. The zero-order valence-electron chi connectivity index (χ0n) is 12.3. The van der Waals surface area contributed by atoms with Crippen LogP contribution in [-0.4, -0.2) is 5.91 Å². The van der Waals surface area contributed by atoms with Crippen LogP contribution >= 0.6 is 0 Å². The molecule has 0 spiro atoms. The maximum atomic E-state index is 12.1. The smallest absolute Gasteiger partial charge is 0.255 e. The Morgan fingerprint density at radius 2 is 2.05 bits per heavy atom. The van der Waals surface area contributed by atoms with Gasteiger partial charge in [0.05, 0.1) is 0 Å². The Labute approximate surface area is 120 Å². The van der Waals surface area contributed by atoms with Crippen LogP contribution in [0.4, 0.5) is 5.69 Å². The second-order valence-electron chi connectivity index (χ2n) is 4.94. The quantitative estimate of drug-likeness (QED) is 0.633. The van der Waals surface area contributed by atoms with Crippen LogP contribution in [0, 0.1) is 0 Å². The summed E-state index contributed by atoms with van der Waals surface area (Å²) in [6.45, 7) is 9.52. The third kappa shape index (κ3) is 4.86. The van der Waals surface area contributed by atoms with Crippen molar-refractivity contribution in [2.75, 3.05) is 5.32 Å². The van der Waals surface area contributed by atoms with Crippen LogP contribution in [0.25, 0.3) is 0 Å². The summed E-state index contributed by atoms with van der Waals surface area (Å²) in [7, 11) is 0. The van der Waals surface area contributed by atoms with Gasteiger partial charge in [-0.1, -0.05) is 36.4 Å². The van der Waals surface area contributed by atoms with Crippen molar-refractivity contribution in [2.24, 2.45) is 5.73 Å². The van der Waals surface area contributed by atoms with Crippen molar-refractivity contribution in [3.05, 3.63) is 65.8 Å². The Kier molecular flexibility index (Phi) is 5.94. The Bertz CT molecular complexity index is 550. The summed E-state index contributed by atoms with van der Waals surface area (Å²) in [5, 5.41) is 2.85. The van der Waals surface area contributed by atoms with Crippen LogP contribution in [0.2, 0.25) is 0 Å². The lowest BCUT2D eigenvalue weighted by Gasteiger charge is -2.10. The fourth-order valence-electron chi connectivity index (χ4n) is 1.60. The molecular formula is C17H22N2O. The largest absolute Gasteiger partial charge is 0.324 e. The molecule has 106 valence electrons. The number of carbonyl (C=O) groups excluding carboxylic acids is 1. The summed E-state index contributed by atoms with van der Waals surface area (Å²) in [6.07, 6.45) is 5.19. The molecular weight excluding hydrogens is 248 g/mol. The van der Waals surface area contributed by atoms with Gasteiger partial charge in [0.15, 0.2) is 0 Å². The maximum absolute atomic E-state index is 12.1. The maximum Gasteiger partial charge on any atom is 0.255 e. The molecule has 0 fully saturated rings. The first-order valence-corrected chi connectivity index (χ1v) is 6.58. The molecule has 0 saturated carbocycles. The van der Waals surface area contributed by atoms with E-state index in [9.17, 15) is 4.79 Å². The Balaban J connectivity index is 2.89. The first-order valence-electron chi connectivity index (χ1n) is 6.58. The monoisotopic (exact) mass is 270 g/mol. The van der Waals surface area contributed by atoms with Gasteiger partial charge >= 0.3 is 0 Å². The molecule has 0 aliphatic rings. The average Bonchev–Trinajstić information content (AvgIpc) is 2.39. The number of benzene rings is 1. The van der Waals surface area contributed by atoms with Crippen LogP contribution in [-0.2, 0) is 4.79 Å². The summed E-state index contributed by atoms with van der Waals surface area (Å²) in [6, 6.07) is 7.47. The van der Waals surface area contributed by atoms with E-state index in [2.05, 4.69) is 11.9 Å². The second kappa shape index (κ2) is 7.46. The van der Waals surface area contributed by atoms with Gasteiger partial charge in [-0.15, -0.1) is 0 Å². The van der Waals surface area contributed by atoms with Crippen LogP contribution in [0.5, 0.6) is 0 Å². The fraction of sp³-hybridized carbons (Fsp3) is 0.235. The molecule has 3 N–H and O–H groups in total. The van der Waals surface area contributed by atoms with E-state index in [1.807, 2.05) is 51.1 Å². The normalized spacial score (nSPS) is 12.5. The lowest BCUT2D eigenvalue weighted by molar-refractivity contribution is -0.112. The van der Waals surface area contributed by atoms with Gasteiger partial charge in [0.2, 0.25) is 0 Å². The lowest BCUT2D eigenvalue weighted by atomic mass is 10.1. The number of rotatable bonds is 5. The SMILES string of the molecule is C=C/C(=C\C=C(C)C)C(=O)Nc1cccc(C(C)N)c1. The number of nitrogens with one attached hydrogen (secondary N) is 1. The Morgan fingerprint density at radius 1 is 1.35 bits per heavy atom. The molecule has 0 aliphatic carbocycles. The highest BCUT2D eigenvalue weighted by Gasteiger charge is 2.07. The van der Waals surface area contributed by atoms with Crippen LogP contribution < -0.4 is 11.1 Å². The fourth-order valence-corrected chi connectivity index (χ4v) is 1.60. The number of anilines is 1. The van der Waals surface area contributed by atoms with E-state index in [-0.39, 0.29) is 11.9 Å². The molecule has 0 aromatic heterocycles. The minimum absolute atomic E-state index is 0.0630. The van der Waals surface area contributed by atoms with Gasteiger partial charge in [-0.3, -0.25) is 4.79 Å². The molecule has 1 aromatic rings. The molecule has 20 heavy (non-hydrogen) atoms. The predicted octanol–water partition coefficient (Wildman–Crippen LogP) is 3.72. The van der Waals surface area contributed by atoms with Crippen molar-refractivity contribution in [1.82, 2.24) is 0 Å². The summed E-state index contributed by atoms with van der Waals surface area (Å²) in [5.74, 6) is -0.181. The van der Waals surface area contributed by atoms with Gasteiger partial charge in [-0.05, 0) is 44.5 Å². The third-order valence-corrected chi connectivity index (χ3v) is 2.75. The number of hydrogen-bond donors (Lipinski definition) is 2. The topological polar surface area (TPSA) is 55.1 Å². The van der Waals surface area contributed by atoms with Gasteiger partial charge < -0.3 is 11.1 Å². The summed E-state index contributed by atoms with van der Waals surface area (Å²) >= 11 is 0. The average molecular weight is 270 g/mol. The predicted molar refractivity (Wildman–Crippen MR) is 85.4 cm³/mol. The molecule has 0 heterocycles. The molecule has 1 rings (SSSR count). The molecule has 3 heteroatoms. The van der Waals surface area contributed by atoms with E-state index in [0.717, 1.165) is 16.8 Å². The highest BCUT2D eigenvalue weighted by molar-refractivity contribution is 6.05. The molecule has 0 radical (unpaired) electrons. The van der Waals surface area contributed by atoms with Crippen molar-refractivity contribution in [1.29, 1.82) is 0 Å². The summed E-state index contributed by atoms with van der Waals surface area (Å²) in [4.78, 5) is 12.1. The van der Waals surface area contributed by atoms with Gasteiger partial charge in [0, 0.05) is 17.3 Å². The van der Waals surface area contributed by atoms with Crippen molar-refractivity contribution in [3.8, 4) is 0 Å². The number of carbonyl (C=O) groups is 1. The Hall–Kier alpha value is -2.13. The van der Waals surface area contributed by atoms with Gasteiger partial charge in [0.1, 0.15) is 0 Å². The minimum atomic E-state index is -0.181.